The van der Waals surface area contributed by atoms with Crippen LogP contribution in [0.15, 0.2) is 35.8 Å². The van der Waals surface area contributed by atoms with Crippen LogP contribution >= 0.6 is 11.3 Å². The number of nitrogens with zero attached hydrogens (tertiary/aromatic N) is 2. The lowest BCUT2D eigenvalue weighted by Gasteiger charge is -2.06. The van der Waals surface area contributed by atoms with Crippen molar-refractivity contribution >= 4 is 22.2 Å². The first-order chi connectivity index (χ1) is 12.1. The van der Waals surface area contributed by atoms with Crippen LogP contribution < -0.4 is 5.32 Å². The minimum Gasteiger partial charge on any atom is -0.356 e. The normalized spacial score (nSPS) is 11.4. The van der Waals surface area contributed by atoms with Gasteiger partial charge in [-0.2, -0.15) is 0 Å². The van der Waals surface area contributed by atoms with Gasteiger partial charge in [-0.15, -0.1) is 11.3 Å². The summed E-state index contributed by atoms with van der Waals surface area (Å²) in [6, 6.07) is 8.52. The molecular formula is C20H25N3OS. The van der Waals surface area contributed by atoms with Crippen molar-refractivity contribution in [2.45, 2.75) is 40.0 Å². The number of aryl methyl sites for hydroxylation is 1. The van der Waals surface area contributed by atoms with E-state index in [2.05, 4.69) is 50.4 Å². The number of rotatable bonds is 7. The summed E-state index contributed by atoms with van der Waals surface area (Å²) in [7, 11) is 0. The standard InChI is InChI=1S/C20H25N3OS/c1-4-15-5-7-16(8-6-15)18-12-23-17(13-25-20(23)22-18)11-19(24)21-10-9-14(2)3/h5-8,12-14H,4,9-11H2,1-3H3,(H,21,24). The highest BCUT2D eigenvalue weighted by molar-refractivity contribution is 7.15. The van der Waals surface area contributed by atoms with Gasteiger partial charge in [-0.25, -0.2) is 4.98 Å². The lowest BCUT2D eigenvalue weighted by Crippen LogP contribution is -2.27. The van der Waals surface area contributed by atoms with Crippen molar-refractivity contribution in [2.75, 3.05) is 6.54 Å². The summed E-state index contributed by atoms with van der Waals surface area (Å²) < 4.78 is 2.04. The third-order valence-corrected chi connectivity index (χ3v) is 5.22. The van der Waals surface area contributed by atoms with Crippen molar-refractivity contribution in [3.05, 3.63) is 47.1 Å². The van der Waals surface area contributed by atoms with E-state index in [1.54, 1.807) is 11.3 Å². The number of carbonyl (C=O) groups excluding carboxylic acids is 1. The predicted molar refractivity (Wildman–Crippen MR) is 104 cm³/mol. The second kappa shape index (κ2) is 7.83. The predicted octanol–water partition coefficient (Wildman–Crippen LogP) is 4.33. The van der Waals surface area contributed by atoms with Crippen molar-refractivity contribution in [3.8, 4) is 11.3 Å². The Bertz CT molecular complexity index is 846. The molecule has 0 saturated carbocycles. The van der Waals surface area contributed by atoms with Gasteiger partial charge in [0.1, 0.15) is 0 Å². The number of imidazole rings is 1. The van der Waals surface area contributed by atoms with Crippen LogP contribution in [0, 0.1) is 5.92 Å². The van der Waals surface area contributed by atoms with Crippen LogP contribution in [0.5, 0.6) is 0 Å². The highest BCUT2D eigenvalue weighted by atomic mass is 32.1. The Morgan fingerprint density at radius 2 is 2.04 bits per heavy atom. The number of amides is 1. The van der Waals surface area contributed by atoms with Crippen LogP contribution in [0.25, 0.3) is 16.2 Å². The molecule has 0 fully saturated rings. The van der Waals surface area contributed by atoms with Crippen molar-refractivity contribution in [2.24, 2.45) is 5.92 Å². The summed E-state index contributed by atoms with van der Waals surface area (Å²) in [5.41, 5.74) is 4.38. The Balaban J connectivity index is 1.72. The van der Waals surface area contributed by atoms with Crippen molar-refractivity contribution in [1.82, 2.24) is 14.7 Å². The molecule has 0 bridgehead atoms. The molecule has 0 aliphatic heterocycles. The van der Waals surface area contributed by atoms with Gasteiger partial charge >= 0.3 is 0 Å². The number of aromatic nitrogens is 2. The lowest BCUT2D eigenvalue weighted by molar-refractivity contribution is -0.120. The fourth-order valence-electron chi connectivity index (χ4n) is 2.73. The first-order valence-electron chi connectivity index (χ1n) is 8.88. The number of carbonyl (C=O) groups is 1. The van der Waals surface area contributed by atoms with E-state index in [0.717, 1.165) is 41.3 Å². The Morgan fingerprint density at radius 1 is 1.28 bits per heavy atom. The van der Waals surface area contributed by atoms with E-state index in [1.165, 1.54) is 5.56 Å². The van der Waals surface area contributed by atoms with E-state index in [0.29, 0.717) is 12.3 Å². The highest BCUT2D eigenvalue weighted by Gasteiger charge is 2.12. The summed E-state index contributed by atoms with van der Waals surface area (Å²) in [4.78, 5) is 17.8. The molecule has 3 rings (SSSR count). The molecule has 1 N–H and O–H groups in total. The molecule has 0 atom stereocenters. The fraction of sp³-hybridized carbons (Fsp3) is 0.400. The first-order valence-corrected chi connectivity index (χ1v) is 9.76. The molecule has 2 aromatic heterocycles. The largest absolute Gasteiger partial charge is 0.356 e. The number of hydrogen-bond donors (Lipinski definition) is 1. The van der Waals surface area contributed by atoms with Crippen LogP contribution in [-0.2, 0) is 17.6 Å². The van der Waals surface area contributed by atoms with Gasteiger partial charge in [0.05, 0.1) is 12.1 Å². The van der Waals surface area contributed by atoms with Gasteiger partial charge in [0.15, 0.2) is 4.96 Å². The summed E-state index contributed by atoms with van der Waals surface area (Å²) in [5, 5.41) is 5.02. The molecule has 0 aliphatic carbocycles. The summed E-state index contributed by atoms with van der Waals surface area (Å²) in [6.45, 7) is 7.21. The summed E-state index contributed by atoms with van der Waals surface area (Å²) in [5.74, 6) is 0.673. The van der Waals surface area contributed by atoms with E-state index >= 15 is 0 Å². The maximum absolute atomic E-state index is 12.1. The molecule has 1 amide bonds. The van der Waals surface area contributed by atoms with Crippen LogP contribution in [0.4, 0.5) is 0 Å². The third kappa shape index (κ3) is 4.28. The molecule has 2 heterocycles. The van der Waals surface area contributed by atoms with E-state index < -0.39 is 0 Å². The molecular weight excluding hydrogens is 330 g/mol. The Labute approximate surface area is 152 Å². The molecule has 132 valence electrons. The van der Waals surface area contributed by atoms with Crippen LogP contribution in [0.2, 0.25) is 0 Å². The van der Waals surface area contributed by atoms with E-state index in [1.807, 2.05) is 16.0 Å². The monoisotopic (exact) mass is 355 g/mol. The van der Waals surface area contributed by atoms with Crippen molar-refractivity contribution in [1.29, 1.82) is 0 Å². The van der Waals surface area contributed by atoms with Gasteiger partial charge in [-0.3, -0.25) is 9.20 Å². The van der Waals surface area contributed by atoms with Crippen molar-refractivity contribution < 1.29 is 4.79 Å². The quantitative estimate of drug-likeness (QED) is 0.686. The minimum atomic E-state index is 0.0721. The van der Waals surface area contributed by atoms with E-state index in [-0.39, 0.29) is 5.91 Å². The number of thiazole rings is 1. The van der Waals surface area contributed by atoms with Crippen LogP contribution in [-0.4, -0.2) is 21.8 Å². The van der Waals surface area contributed by atoms with E-state index in [9.17, 15) is 4.79 Å². The molecule has 0 aliphatic rings. The maximum Gasteiger partial charge on any atom is 0.225 e. The smallest absolute Gasteiger partial charge is 0.225 e. The van der Waals surface area contributed by atoms with Gasteiger partial charge in [-0.1, -0.05) is 45.0 Å². The minimum absolute atomic E-state index is 0.0721. The molecule has 3 aromatic rings. The fourth-order valence-corrected chi connectivity index (χ4v) is 3.61. The van der Waals surface area contributed by atoms with Gasteiger partial charge in [0, 0.05) is 29.4 Å². The van der Waals surface area contributed by atoms with Gasteiger partial charge in [0.2, 0.25) is 5.91 Å². The van der Waals surface area contributed by atoms with Gasteiger partial charge in [0.25, 0.3) is 0 Å². The molecule has 25 heavy (non-hydrogen) atoms. The summed E-state index contributed by atoms with van der Waals surface area (Å²) in [6.07, 6.45) is 4.47. The Kier molecular flexibility index (Phi) is 5.53. The number of nitrogens with one attached hydrogen (secondary N) is 1. The zero-order valence-electron chi connectivity index (χ0n) is 15.1. The topological polar surface area (TPSA) is 46.4 Å². The Hall–Kier alpha value is -2.14. The zero-order valence-corrected chi connectivity index (χ0v) is 15.9. The van der Waals surface area contributed by atoms with Gasteiger partial charge in [-0.05, 0) is 24.3 Å². The van der Waals surface area contributed by atoms with Crippen LogP contribution in [0.3, 0.4) is 0 Å². The summed E-state index contributed by atoms with van der Waals surface area (Å²) >= 11 is 1.58. The second-order valence-corrected chi connectivity index (χ2v) is 7.60. The molecule has 4 nitrogen and oxygen atoms in total. The first kappa shape index (κ1) is 17.7. The number of hydrogen-bond acceptors (Lipinski definition) is 3. The second-order valence-electron chi connectivity index (χ2n) is 6.77. The van der Waals surface area contributed by atoms with Crippen molar-refractivity contribution in [3.63, 3.8) is 0 Å². The molecule has 0 saturated heterocycles. The Morgan fingerprint density at radius 3 is 2.72 bits per heavy atom. The third-order valence-electron chi connectivity index (χ3n) is 4.33. The average molecular weight is 356 g/mol. The maximum atomic E-state index is 12.1. The molecule has 0 spiro atoms. The molecule has 0 radical (unpaired) electrons. The molecule has 0 unspecified atom stereocenters. The molecule has 5 heteroatoms. The van der Waals surface area contributed by atoms with Gasteiger partial charge < -0.3 is 5.32 Å². The van der Waals surface area contributed by atoms with Crippen LogP contribution in [0.1, 0.15) is 38.4 Å². The lowest BCUT2D eigenvalue weighted by atomic mass is 10.1. The SMILES string of the molecule is CCc1ccc(-c2cn3c(CC(=O)NCCC(C)C)csc3n2)cc1. The average Bonchev–Trinajstić information content (AvgIpc) is 3.17. The number of benzene rings is 1. The highest BCUT2D eigenvalue weighted by Crippen LogP contribution is 2.24. The van der Waals surface area contributed by atoms with E-state index in [4.69, 9.17) is 4.98 Å². The number of fused-ring (bicyclic) bond motifs is 1. The molecule has 1 aromatic carbocycles. The zero-order chi connectivity index (χ0) is 17.8.